The first-order chi connectivity index (χ1) is 7.65. The fourth-order valence-electron chi connectivity index (χ4n) is 1.25. The lowest BCUT2D eigenvalue weighted by atomic mass is 10.3. The molecule has 0 fully saturated rings. The molecular weight excluding hydrogens is 207 g/mol. The van der Waals surface area contributed by atoms with Crippen molar-refractivity contribution in [2.45, 2.75) is 6.92 Å². The van der Waals surface area contributed by atoms with Crippen LogP contribution in [0.25, 0.3) is 0 Å². The van der Waals surface area contributed by atoms with E-state index in [1.807, 2.05) is 6.92 Å². The van der Waals surface area contributed by atoms with Gasteiger partial charge in [-0.3, -0.25) is 0 Å². The Balaban J connectivity index is 2.26. The van der Waals surface area contributed by atoms with E-state index in [9.17, 15) is 4.39 Å². The zero-order chi connectivity index (χ0) is 11.5. The highest BCUT2D eigenvalue weighted by Crippen LogP contribution is 2.18. The van der Waals surface area contributed by atoms with Gasteiger partial charge in [-0.05, 0) is 31.2 Å². The Morgan fingerprint density at radius 1 is 1.25 bits per heavy atom. The van der Waals surface area contributed by atoms with Crippen LogP contribution in [0.4, 0.5) is 21.8 Å². The molecule has 0 radical (unpaired) electrons. The lowest BCUT2D eigenvalue weighted by Gasteiger charge is -2.08. The maximum Gasteiger partial charge on any atom is 0.221 e. The van der Waals surface area contributed by atoms with Gasteiger partial charge in [0.2, 0.25) is 5.95 Å². The topological polar surface area (TPSA) is 63.8 Å². The summed E-state index contributed by atoms with van der Waals surface area (Å²) in [7, 11) is 0. The van der Waals surface area contributed by atoms with Gasteiger partial charge in [0.05, 0.1) is 0 Å². The van der Waals surface area contributed by atoms with Crippen molar-refractivity contribution in [1.82, 2.24) is 9.97 Å². The molecule has 0 aliphatic rings. The van der Waals surface area contributed by atoms with Crippen molar-refractivity contribution in [3.8, 4) is 0 Å². The molecule has 5 heteroatoms. The highest BCUT2D eigenvalue weighted by molar-refractivity contribution is 5.59. The van der Waals surface area contributed by atoms with Gasteiger partial charge in [0.25, 0.3) is 0 Å². The predicted octanol–water partition coefficient (Wildman–Crippen LogP) is 2.25. The van der Waals surface area contributed by atoms with Crippen LogP contribution in [-0.2, 0) is 0 Å². The summed E-state index contributed by atoms with van der Waals surface area (Å²) in [5.74, 6) is 0.554. The average molecular weight is 218 g/mol. The number of halogens is 1. The van der Waals surface area contributed by atoms with Crippen molar-refractivity contribution in [3.05, 3.63) is 41.8 Å². The largest absolute Gasteiger partial charge is 0.368 e. The summed E-state index contributed by atoms with van der Waals surface area (Å²) in [5.41, 5.74) is 7.11. The maximum atomic E-state index is 12.7. The van der Waals surface area contributed by atoms with E-state index in [2.05, 4.69) is 15.3 Å². The quantitative estimate of drug-likeness (QED) is 0.811. The fraction of sp³-hybridized carbons (Fsp3) is 0.0909. The highest BCUT2D eigenvalue weighted by Gasteiger charge is 2.02. The van der Waals surface area contributed by atoms with Gasteiger partial charge < -0.3 is 11.1 Å². The number of nitrogens with one attached hydrogen (secondary N) is 1. The van der Waals surface area contributed by atoms with Crippen LogP contribution in [-0.4, -0.2) is 9.97 Å². The third-order valence-electron chi connectivity index (χ3n) is 2.10. The first-order valence-electron chi connectivity index (χ1n) is 4.77. The molecule has 0 spiro atoms. The number of hydrogen-bond donors (Lipinski definition) is 2. The van der Waals surface area contributed by atoms with Gasteiger partial charge in [0.15, 0.2) is 0 Å². The van der Waals surface area contributed by atoms with Crippen LogP contribution in [0.3, 0.4) is 0 Å². The van der Waals surface area contributed by atoms with E-state index in [1.165, 1.54) is 12.1 Å². The van der Waals surface area contributed by atoms with Gasteiger partial charge in [-0.1, -0.05) is 0 Å². The van der Waals surface area contributed by atoms with E-state index in [4.69, 9.17) is 5.73 Å². The molecule has 2 rings (SSSR count). The van der Waals surface area contributed by atoms with Gasteiger partial charge in [-0.2, -0.15) is 4.98 Å². The standard InChI is InChI=1S/C11H11FN4/c1-7-6-14-11(13)16-10(7)15-9-4-2-8(12)3-5-9/h2-6H,1H3,(H3,13,14,15,16). The Morgan fingerprint density at radius 2 is 1.94 bits per heavy atom. The first-order valence-corrected chi connectivity index (χ1v) is 4.77. The maximum absolute atomic E-state index is 12.7. The Bertz CT molecular complexity index is 496. The molecule has 2 aromatic rings. The van der Waals surface area contributed by atoms with Crippen molar-refractivity contribution in [3.63, 3.8) is 0 Å². The van der Waals surface area contributed by atoms with Crippen LogP contribution >= 0.6 is 0 Å². The third kappa shape index (κ3) is 2.25. The normalized spacial score (nSPS) is 10.1. The molecule has 0 aliphatic heterocycles. The molecule has 0 saturated carbocycles. The number of nitrogens with two attached hydrogens (primary N) is 1. The van der Waals surface area contributed by atoms with Crippen LogP contribution in [0.2, 0.25) is 0 Å². The smallest absolute Gasteiger partial charge is 0.221 e. The van der Waals surface area contributed by atoms with Gasteiger partial charge >= 0.3 is 0 Å². The molecule has 16 heavy (non-hydrogen) atoms. The SMILES string of the molecule is Cc1cnc(N)nc1Nc1ccc(F)cc1. The predicted molar refractivity (Wildman–Crippen MR) is 60.9 cm³/mol. The molecule has 1 aromatic carbocycles. The number of nitrogens with zero attached hydrogens (tertiary/aromatic N) is 2. The summed E-state index contributed by atoms with van der Waals surface area (Å²) in [4.78, 5) is 7.91. The lowest BCUT2D eigenvalue weighted by Crippen LogP contribution is -2.01. The van der Waals surface area contributed by atoms with Crippen LogP contribution in [0, 0.1) is 12.7 Å². The molecular formula is C11H11FN4. The molecule has 0 amide bonds. The first kappa shape index (κ1) is 10.4. The average Bonchev–Trinajstić information content (AvgIpc) is 2.27. The zero-order valence-corrected chi connectivity index (χ0v) is 8.74. The van der Waals surface area contributed by atoms with E-state index < -0.39 is 0 Å². The molecule has 0 saturated heterocycles. The summed E-state index contributed by atoms with van der Waals surface area (Å²) >= 11 is 0. The minimum absolute atomic E-state index is 0.204. The van der Waals surface area contributed by atoms with E-state index in [-0.39, 0.29) is 11.8 Å². The van der Waals surface area contributed by atoms with Gasteiger partial charge in [-0.15, -0.1) is 0 Å². The number of aryl methyl sites for hydroxylation is 1. The molecule has 0 atom stereocenters. The van der Waals surface area contributed by atoms with Crippen molar-refractivity contribution >= 4 is 17.5 Å². The number of aromatic nitrogens is 2. The Morgan fingerprint density at radius 3 is 2.62 bits per heavy atom. The summed E-state index contributed by atoms with van der Waals surface area (Å²) in [5, 5.41) is 3.04. The van der Waals surface area contributed by atoms with E-state index in [0.29, 0.717) is 5.82 Å². The van der Waals surface area contributed by atoms with Crippen LogP contribution in [0.5, 0.6) is 0 Å². The lowest BCUT2D eigenvalue weighted by molar-refractivity contribution is 0.628. The summed E-state index contributed by atoms with van der Waals surface area (Å²) < 4.78 is 12.7. The summed E-state index contributed by atoms with van der Waals surface area (Å²) in [6, 6.07) is 6.02. The monoisotopic (exact) mass is 218 g/mol. The zero-order valence-electron chi connectivity index (χ0n) is 8.74. The summed E-state index contributed by atoms with van der Waals surface area (Å²) in [6.07, 6.45) is 1.63. The van der Waals surface area contributed by atoms with Gasteiger partial charge in [-0.25, -0.2) is 9.37 Å². The fourth-order valence-corrected chi connectivity index (χ4v) is 1.25. The van der Waals surface area contributed by atoms with Crippen molar-refractivity contribution in [1.29, 1.82) is 0 Å². The van der Waals surface area contributed by atoms with Crippen molar-refractivity contribution in [2.24, 2.45) is 0 Å². The van der Waals surface area contributed by atoms with Crippen LogP contribution in [0.15, 0.2) is 30.5 Å². The van der Waals surface area contributed by atoms with Crippen LogP contribution < -0.4 is 11.1 Å². The number of benzene rings is 1. The highest BCUT2D eigenvalue weighted by atomic mass is 19.1. The Kier molecular flexibility index (Phi) is 2.68. The van der Waals surface area contributed by atoms with E-state index in [0.717, 1.165) is 11.3 Å². The van der Waals surface area contributed by atoms with Gasteiger partial charge in [0, 0.05) is 17.4 Å². The number of hydrogen-bond acceptors (Lipinski definition) is 4. The second-order valence-corrected chi connectivity index (χ2v) is 3.39. The number of anilines is 3. The van der Waals surface area contributed by atoms with E-state index in [1.54, 1.807) is 18.3 Å². The Labute approximate surface area is 92.3 Å². The minimum atomic E-state index is -0.274. The molecule has 0 unspecified atom stereocenters. The minimum Gasteiger partial charge on any atom is -0.368 e. The van der Waals surface area contributed by atoms with Crippen LogP contribution in [0.1, 0.15) is 5.56 Å². The third-order valence-corrected chi connectivity index (χ3v) is 2.10. The van der Waals surface area contributed by atoms with E-state index >= 15 is 0 Å². The molecule has 82 valence electrons. The molecule has 3 N–H and O–H groups in total. The number of rotatable bonds is 2. The summed E-state index contributed by atoms with van der Waals surface area (Å²) in [6.45, 7) is 1.87. The van der Waals surface area contributed by atoms with Crippen molar-refractivity contribution < 1.29 is 4.39 Å². The van der Waals surface area contributed by atoms with Gasteiger partial charge in [0.1, 0.15) is 11.6 Å². The second-order valence-electron chi connectivity index (χ2n) is 3.39. The Hall–Kier alpha value is -2.17. The molecule has 1 heterocycles. The molecule has 4 nitrogen and oxygen atoms in total. The molecule has 0 aliphatic carbocycles. The molecule has 0 bridgehead atoms. The number of nitrogen functional groups attached to an aromatic ring is 1. The second kappa shape index (κ2) is 4.14. The molecule has 1 aromatic heterocycles. The van der Waals surface area contributed by atoms with Crippen molar-refractivity contribution in [2.75, 3.05) is 11.1 Å².